The van der Waals surface area contributed by atoms with Crippen LogP contribution in [0.2, 0.25) is 0 Å². The van der Waals surface area contributed by atoms with Crippen LogP contribution < -0.4 is 0 Å². The van der Waals surface area contributed by atoms with E-state index in [4.69, 9.17) is 57.6 Å². The molecule has 16 heteroatoms. The lowest BCUT2D eigenvalue weighted by Crippen LogP contribution is -2.15. The number of hydrogen-bond donors (Lipinski definition) is 2. The zero-order valence-corrected chi connectivity index (χ0v) is 27.0. The average Bonchev–Trinajstić information content (AvgIpc) is 3.02. The van der Waals surface area contributed by atoms with Crippen LogP contribution in [0.1, 0.15) is 38.5 Å². The molecule has 46 heavy (non-hydrogen) atoms. The number of unbranched alkanes of at least 4 members (excludes halogenated alkanes) is 1. The fourth-order valence-electron chi connectivity index (χ4n) is 3.24. The molecule has 0 amide bonds. The third-order valence-electron chi connectivity index (χ3n) is 5.58. The summed E-state index contributed by atoms with van der Waals surface area (Å²) in [6.45, 7) is 6.30. The summed E-state index contributed by atoms with van der Waals surface area (Å²) in [6, 6.07) is 0. The Labute approximate surface area is 271 Å². The molecule has 0 aromatic heterocycles. The molecule has 0 aliphatic rings. The van der Waals surface area contributed by atoms with Crippen LogP contribution in [0.25, 0.3) is 0 Å². The number of Topliss-reactive ketones (excluding diaryl/α,β-unsaturated/α-hetero) is 2. The zero-order chi connectivity index (χ0) is 33.8. The number of ether oxygens (including phenoxy) is 10. The Balaban J connectivity index is 3.27. The van der Waals surface area contributed by atoms with Gasteiger partial charge in [-0.1, -0.05) is 0 Å². The zero-order valence-electron chi connectivity index (χ0n) is 27.0. The molecule has 0 radical (unpaired) electrons. The van der Waals surface area contributed by atoms with Crippen molar-refractivity contribution in [3.8, 4) is 0 Å². The molecule has 0 aliphatic carbocycles. The Bertz CT molecular complexity index is 676. The molecule has 0 heterocycles. The number of carboxylic acids is 2. The number of hydrogen-bond acceptors (Lipinski definition) is 14. The summed E-state index contributed by atoms with van der Waals surface area (Å²) in [5.74, 6) is -1.83. The molecule has 0 aromatic carbocycles. The van der Waals surface area contributed by atoms with Gasteiger partial charge < -0.3 is 57.6 Å². The lowest BCUT2D eigenvalue weighted by molar-refractivity contribution is -0.139. The quantitative estimate of drug-likeness (QED) is 0.0869. The van der Waals surface area contributed by atoms with E-state index in [1.54, 1.807) is 0 Å². The molecule has 0 spiro atoms. The smallest absolute Gasteiger partial charge is 0.305 e. The molecule has 0 saturated heterocycles. The van der Waals surface area contributed by atoms with E-state index in [0.29, 0.717) is 131 Å². The van der Waals surface area contributed by atoms with Gasteiger partial charge in [0.05, 0.1) is 132 Å². The maximum atomic E-state index is 11.9. The number of aliphatic carboxylic acids is 2. The maximum absolute atomic E-state index is 11.9. The Kier molecular flexibility index (Phi) is 34.1. The van der Waals surface area contributed by atoms with Crippen molar-refractivity contribution in [2.75, 3.05) is 132 Å². The first-order chi connectivity index (χ1) is 22.4. The van der Waals surface area contributed by atoms with Crippen molar-refractivity contribution >= 4 is 23.5 Å². The van der Waals surface area contributed by atoms with E-state index in [9.17, 15) is 19.2 Å². The summed E-state index contributed by atoms with van der Waals surface area (Å²) in [6.07, 6.45) is 1.87. The largest absolute Gasteiger partial charge is 0.481 e. The molecule has 0 rings (SSSR count). The van der Waals surface area contributed by atoms with Crippen molar-refractivity contribution < 1.29 is 76.8 Å². The molecular weight excluding hydrogens is 616 g/mol. The molecule has 0 bridgehead atoms. The molecule has 0 aromatic rings. The Morgan fingerprint density at radius 2 is 0.522 bits per heavy atom. The van der Waals surface area contributed by atoms with Crippen LogP contribution in [-0.4, -0.2) is 166 Å². The van der Waals surface area contributed by atoms with Gasteiger partial charge in [-0.05, 0) is 12.8 Å². The first-order valence-electron chi connectivity index (χ1n) is 15.7. The van der Waals surface area contributed by atoms with Crippen molar-refractivity contribution in [2.24, 2.45) is 0 Å². The number of carbonyl (C=O) groups excluding carboxylic acids is 2. The topological polar surface area (TPSA) is 201 Å². The summed E-state index contributed by atoms with van der Waals surface area (Å²) in [5.41, 5.74) is 0. The SMILES string of the molecule is O=C(O)CCOCCOCCOCCOCCOCC(=O)CCCCC(=O)COCCOCCOCCOCCOCCC(=O)O. The molecular formula is C30H54O16. The van der Waals surface area contributed by atoms with Crippen molar-refractivity contribution in [1.82, 2.24) is 0 Å². The highest BCUT2D eigenvalue weighted by Crippen LogP contribution is 2.02. The normalized spacial score (nSPS) is 11.2. The standard InChI is InChI=1S/C30H54O16/c31-27(25-45-23-21-43-19-17-41-15-13-39-11-9-37-7-5-29(33)34)3-1-2-4-28(32)26-46-24-22-44-20-18-42-16-14-40-12-10-38-8-6-30(35)36/h1-26H2,(H,33,34)(H,35,36). The van der Waals surface area contributed by atoms with E-state index in [-0.39, 0.29) is 50.8 Å². The van der Waals surface area contributed by atoms with Crippen LogP contribution >= 0.6 is 0 Å². The van der Waals surface area contributed by atoms with Gasteiger partial charge in [-0.3, -0.25) is 19.2 Å². The van der Waals surface area contributed by atoms with Crippen LogP contribution in [0, 0.1) is 0 Å². The van der Waals surface area contributed by atoms with E-state index in [1.165, 1.54) is 0 Å². The van der Waals surface area contributed by atoms with Gasteiger partial charge in [-0.25, -0.2) is 0 Å². The fourth-order valence-corrected chi connectivity index (χ4v) is 3.24. The minimum Gasteiger partial charge on any atom is -0.481 e. The average molecular weight is 671 g/mol. The van der Waals surface area contributed by atoms with Crippen LogP contribution in [-0.2, 0) is 66.5 Å². The first kappa shape index (κ1) is 43.9. The predicted molar refractivity (Wildman–Crippen MR) is 161 cm³/mol. The third-order valence-corrected chi connectivity index (χ3v) is 5.58. The van der Waals surface area contributed by atoms with Gasteiger partial charge >= 0.3 is 11.9 Å². The maximum Gasteiger partial charge on any atom is 0.305 e. The van der Waals surface area contributed by atoms with Gasteiger partial charge in [0.15, 0.2) is 11.6 Å². The molecule has 0 atom stereocenters. The number of ketones is 2. The summed E-state index contributed by atoms with van der Waals surface area (Å²) < 4.78 is 52.9. The molecule has 0 aliphatic heterocycles. The van der Waals surface area contributed by atoms with Crippen LogP contribution in [0.15, 0.2) is 0 Å². The first-order valence-corrected chi connectivity index (χ1v) is 15.7. The summed E-state index contributed by atoms with van der Waals surface area (Å²) >= 11 is 0. The lowest BCUT2D eigenvalue weighted by atomic mass is 10.1. The highest BCUT2D eigenvalue weighted by molar-refractivity contribution is 5.80. The van der Waals surface area contributed by atoms with Gasteiger partial charge in [0.2, 0.25) is 0 Å². The molecule has 0 saturated carbocycles. The van der Waals surface area contributed by atoms with Gasteiger partial charge in [0.1, 0.15) is 13.2 Å². The Morgan fingerprint density at radius 3 is 0.761 bits per heavy atom. The Hall–Kier alpha value is -2.12. The number of carboxylic acid groups (broad SMARTS) is 2. The molecule has 16 nitrogen and oxygen atoms in total. The Morgan fingerprint density at radius 1 is 0.304 bits per heavy atom. The highest BCUT2D eigenvalue weighted by Gasteiger charge is 2.06. The second kappa shape index (κ2) is 35.7. The minimum absolute atomic E-state index is 0.0140. The van der Waals surface area contributed by atoms with Crippen molar-refractivity contribution in [2.45, 2.75) is 38.5 Å². The van der Waals surface area contributed by atoms with Gasteiger partial charge in [0.25, 0.3) is 0 Å². The van der Waals surface area contributed by atoms with E-state index in [1.807, 2.05) is 0 Å². The van der Waals surface area contributed by atoms with E-state index < -0.39 is 11.9 Å². The summed E-state index contributed by atoms with van der Waals surface area (Å²) in [5, 5.41) is 17.0. The second-order valence-electron chi connectivity index (χ2n) is 9.58. The fraction of sp³-hybridized carbons (Fsp3) is 0.867. The molecule has 2 N–H and O–H groups in total. The monoisotopic (exact) mass is 670 g/mol. The van der Waals surface area contributed by atoms with Crippen LogP contribution in [0.3, 0.4) is 0 Å². The number of carbonyl (C=O) groups is 4. The molecule has 0 fully saturated rings. The van der Waals surface area contributed by atoms with E-state index in [2.05, 4.69) is 0 Å². The van der Waals surface area contributed by atoms with E-state index >= 15 is 0 Å². The van der Waals surface area contributed by atoms with Gasteiger partial charge in [0, 0.05) is 12.8 Å². The summed E-state index contributed by atoms with van der Waals surface area (Å²) in [4.78, 5) is 44.5. The molecule has 270 valence electrons. The van der Waals surface area contributed by atoms with Crippen LogP contribution in [0.4, 0.5) is 0 Å². The third kappa shape index (κ3) is 38.1. The highest BCUT2D eigenvalue weighted by atomic mass is 16.6. The predicted octanol–water partition coefficient (Wildman–Crippen LogP) is 0.800. The second-order valence-corrected chi connectivity index (χ2v) is 9.58. The minimum atomic E-state index is -0.894. The van der Waals surface area contributed by atoms with Gasteiger partial charge in [-0.2, -0.15) is 0 Å². The molecule has 0 unspecified atom stereocenters. The van der Waals surface area contributed by atoms with Gasteiger partial charge in [-0.15, -0.1) is 0 Å². The van der Waals surface area contributed by atoms with Crippen molar-refractivity contribution in [3.63, 3.8) is 0 Å². The number of rotatable bonds is 39. The van der Waals surface area contributed by atoms with Crippen molar-refractivity contribution in [3.05, 3.63) is 0 Å². The lowest BCUT2D eigenvalue weighted by Gasteiger charge is -2.08. The summed E-state index contributed by atoms with van der Waals surface area (Å²) in [7, 11) is 0. The van der Waals surface area contributed by atoms with Crippen LogP contribution in [0.5, 0.6) is 0 Å². The van der Waals surface area contributed by atoms with Crippen molar-refractivity contribution in [1.29, 1.82) is 0 Å². The van der Waals surface area contributed by atoms with E-state index in [0.717, 1.165) is 0 Å².